The van der Waals surface area contributed by atoms with Gasteiger partial charge in [-0.15, -0.1) is 0 Å². The lowest BCUT2D eigenvalue weighted by molar-refractivity contribution is 0.225. The van der Waals surface area contributed by atoms with E-state index in [9.17, 15) is 4.79 Å². The molecule has 0 saturated carbocycles. The van der Waals surface area contributed by atoms with E-state index in [0.717, 1.165) is 0 Å². The van der Waals surface area contributed by atoms with Crippen LogP contribution in [-0.2, 0) is 5.41 Å². The molecule has 0 aliphatic heterocycles. The van der Waals surface area contributed by atoms with Crippen LogP contribution in [0.4, 0.5) is 4.79 Å². The monoisotopic (exact) mass is 250 g/mol. The number of nitrogens with one attached hydrogen (secondary N) is 2. The molecule has 0 saturated heterocycles. The first-order chi connectivity index (χ1) is 8.48. The summed E-state index contributed by atoms with van der Waals surface area (Å²) in [5.74, 6) is 0. The molecule has 0 fully saturated rings. The molecule has 0 radical (unpaired) electrons. The van der Waals surface area contributed by atoms with Crippen LogP contribution in [-0.4, -0.2) is 30.3 Å². The van der Waals surface area contributed by atoms with Crippen molar-refractivity contribution in [2.75, 3.05) is 13.2 Å². The second-order valence-electron chi connectivity index (χ2n) is 4.93. The van der Waals surface area contributed by atoms with Crippen molar-refractivity contribution in [3.63, 3.8) is 0 Å². The SMILES string of the molecule is CC(NC(=O)NCCO)C(C)(C)c1ccccc1. The lowest BCUT2D eigenvalue weighted by Gasteiger charge is -2.33. The van der Waals surface area contributed by atoms with Gasteiger partial charge in [-0.25, -0.2) is 4.79 Å². The van der Waals surface area contributed by atoms with E-state index in [1.807, 2.05) is 25.1 Å². The minimum absolute atomic E-state index is 0.0152. The Kier molecular flexibility index (Phi) is 5.16. The predicted molar refractivity (Wildman–Crippen MR) is 72.6 cm³/mol. The molecule has 100 valence electrons. The molecule has 1 atom stereocenters. The highest BCUT2D eigenvalue weighted by molar-refractivity contribution is 5.74. The summed E-state index contributed by atoms with van der Waals surface area (Å²) in [5.41, 5.74) is 1.03. The van der Waals surface area contributed by atoms with Gasteiger partial charge in [-0.2, -0.15) is 0 Å². The van der Waals surface area contributed by atoms with Crippen LogP contribution in [0.25, 0.3) is 0 Å². The van der Waals surface area contributed by atoms with Crippen molar-refractivity contribution in [2.45, 2.75) is 32.2 Å². The molecule has 2 amide bonds. The zero-order valence-electron chi connectivity index (χ0n) is 11.2. The second kappa shape index (κ2) is 6.40. The van der Waals surface area contributed by atoms with Crippen molar-refractivity contribution >= 4 is 6.03 Å². The zero-order chi connectivity index (χ0) is 13.6. The molecule has 1 aromatic rings. The number of benzene rings is 1. The van der Waals surface area contributed by atoms with Crippen LogP contribution in [0.15, 0.2) is 30.3 Å². The average molecular weight is 250 g/mol. The molecule has 0 bridgehead atoms. The first-order valence-electron chi connectivity index (χ1n) is 6.19. The third-order valence-corrected chi connectivity index (χ3v) is 3.35. The highest BCUT2D eigenvalue weighted by atomic mass is 16.3. The number of amides is 2. The number of rotatable bonds is 5. The lowest BCUT2D eigenvalue weighted by atomic mass is 9.78. The standard InChI is InChI=1S/C14H22N2O2/c1-11(16-13(18)15-9-10-17)14(2,3)12-7-5-4-6-8-12/h4-8,11,17H,9-10H2,1-3H3,(H2,15,16,18). The fourth-order valence-corrected chi connectivity index (χ4v) is 1.72. The van der Waals surface area contributed by atoms with Gasteiger partial charge in [0, 0.05) is 18.0 Å². The van der Waals surface area contributed by atoms with Crippen molar-refractivity contribution in [2.24, 2.45) is 0 Å². The minimum atomic E-state index is -0.249. The van der Waals surface area contributed by atoms with E-state index in [1.165, 1.54) is 5.56 Å². The molecule has 1 rings (SSSR count). The minimum Gasteiger partial charge on any atom is -0.395 e. The summed E-state index contributed by atoms with van der Waals surface area (Å²) in [5, 5.41) is 14.1. The summed E-state index contributed by atoms with van der Waals surface area (Å²) in [4.78, 5) is 11.6. The van der Waals surface area contributed by atoms with Crippen LogP contribution in [0.1, 0.15) is 26.3 Å². The van der Waals surface area contributed by atoms with Gasteiger partial charge in [-0.3, -0.25) is 0 Å². The highest BCUT2D eigenvalue weighted by Crippen LogP contribution is 2.26. The molecular formula is C14H22N2O2. The number of carbonyl (C=O) groups is 1. The predicted octanol–water partition coefficient (Wildman–Crippen LogP) is 1.64. The summed E-state index contributed by atoms with van der Waals surface area (Å²) in [6, 6.07) is 9.82. The topological polar surface area (TPSA) is 61.4 Å². The van der Waals surface area contributed by atoms with Crippen LogP contribution in [0.3, 0.4) is 0 Å². The Morgan fingerprint density at radius 3 is 2.50 bits per heavy atom. The van der Waals surface area contributed by atoms with Gasteiger partial charge in [0.25, 0.3) is 0 Å². The summed E-state index contributed by atoms with van der Waals surface area (Å²) in [6.07, 6.45) is 0. The molecule has 3 N–H and O–H groups in total. The summed E-state index contributed by atoms with van der Waals surface area (Å²) in [7, 11) is 0. The van der Waals surface area contributed by atoms with Crippen molar-refractivity contribution in [3.8, 4) is 0 Å². The van der Waals surface area contributed by atoms with Gasteiger partial charge in [0.05, 0.1) is 6.61 Å². The van der Waals surface area contributed by atoms with Crippen molar-refractivity contribution in [1.29, 1.82) is 0 Å². The molecule has 1 unspecified atom stereocenters. The van der Waals surface area contributed by atoms with Gasteiger partial charge in [-0.05, 0) is 12.5 Å². The van der Waals surface area contributed by atoms with E-state index < -0.39 is 0 Å². The van der Waals surface area contributed by atoms with Crippen molar-refractivity contribution in [3.05, 3.63) is 35.9 Å². The Hall–Kier alpha value is -1.55. The zero-order valence-corrected chi connectivity index (χ0v) is 11.2. The fraction of sp³-hybridized carbons (Fsp3) is 0.500. The van der Waals surface area contributed by atoms with Gasteiger partial charge in [-0.1, -0.05) is 44.2 Å². The van der Waals surface area contributed by atoms with Crippen LogP contribution in [0, 0.1) is 0 Å². The fourth-order valence-electron chi connectivity index (χ4n) is 1.72. The van der Waals surface area contributed by atoms with Gasteiger partial charge >= 0.3 is 6.03 Å². The summed E-state index contributed by atoms with van der Waals surface area (Å²) in [6.45, 7) is 6.39. The lowest BCUT2D eigenvalue weighted by Crippen LogP contribution is -2.49. The maximum absolute atomic E-state index is 11.6. The van der Waals surface area contributed by atoms with Gasteiger partial charge < -0.3 is 15.7 Å². The van der Waals surface area contributed by atoms with E-state index in [2.05, 4.69) is 36.6 Å². The quantitative estimate of drug-likeness (QED) is 0.744. The maximum Gasteiger partial charge on any atom is 0.315 e. The van der Waals surface area contributed by atoms with Crippen molar-refractivity contribution in [1.82, 2.24) is 10.6 Å². The molecule has 4 heteroatoms. The summed E-state index contributed by atoms with van der Waals surface area (Å²) < 4.78 is 0. The molecule has 1 aromatic carbocycles. The Bertz CT molecular complexity index is 377. The van der Waals surface area contributed by atoms with Crippen LogP contribution >= 0.6 is 0 Å². The highest BCUT2D eigenvalue weighted by Gasteiger charge is 2.28. The van der Waals surface area contributed by atoms with Crippen LogP contribution in [0.2, 0.25) is 0 Å². The molecule has 0 heterocycles. The third-order valence-electron chi connectivity index (χ3n) is 3.35. The van der Waals surface area contributed by atoms with E-state index in [1.54, 1.807) is 0 Å². The molecular weight excluding hydrogens is 228 g/mol. The average Bonchev–Trinajstić information content (AvgIpc) is 2.37. The molecule has 18 heavy (non-hydrogen) atoms. The first-order valence-corrected chi connectivity index (χ1v) is 6.19. The Labute approximate surface area is 108 Å². The van der Waals surface area contributed by atoms with E-state index in [4.69, 9.17) is 5.11 Å². The van der Waals surface area contributed by atoms with Gasteiger partial charge in [0.2, 0.25) is 0 Å². The largest absolute Gasteiger partial charge is 0.395 e. The third kappa shape index (κ3) is 3.74. The Morgan fingerprint density at radius 2 is 1.94 bits per heavy atom. The number of hydrogen-bond acceptors (Lipinski definition) is 2. The molecule has 0 aliphatic carbocycles. The summed E-state index contributed by atoms with van der Waals surface area (Å²) >= 11 is 0. The van der Waals surface area contributed by atoms with Crippen LogP contribution < -0.4 is 10.6 Å². The molecule has 0 aromatic heterocycles. The normalized spacial score (nSPS) is 12.9. The Morgan fingerprint density at radius 1 is 1.33 bits per heavy atom. The first kappa shape index (κ1) is 14.5. The van der Waals surface area contributed by atoms with E-state index in [-0.39, 0.29) is 30.6 Å². The molecule has 4 nitrogen and oxygen atoms in total. The smallest absolute Gasteiger partial charge is 0.315 e. The van der Waals surface area contributed by atoms with Gasteiger partial charge in [0.15, 0.2) is 0 Å². The second-order valence-corrected chi connectivity index (χ2v) is 4.93. The Balaban J connectivity index is 2.65. The number of urea groups is 1. The number of carbonyl (C=O) groups excluding carboxylic acids is 1. The number of aliphatic hydroxyl groups excluding tert-OH is 1. The van der Waals surface area contributed by atoms with Crippen molar-refractivity contribution < 1.29 is 9.90 Å². The van der Waals surface area contributed by atoms with E-state index in [0.29, 0.717) is 0 Å². The van der Waals surface area contributed by atoms with E-state index >= 15 is 0 Å². The van der Waals surface area contributed by atoms with Crippen LogP contribution in [0.5, 0.6) is 0 Å². The molecule has 0 spiro atoms. The maximum atomic E-state index is 11.6. The molecule has 0 aliphatic rings. The number of aliphatic hydroxyl groups is 1. The number of hydrogen-bond donors (Lipinski definition) is 3. The van der Waals surface area contributed by atoms with Gasteiger partial charge in [0.1, 0.15) is 0 Å².